The minimum atomic E-state index is 0.155. The number of carbonyl (C=O) groups excluding carboxylic acids is 1. The number of piperidine rings is 1. The highest BCUT2D eigenvalue weighted by Gasteiger charge is 2.27. The number of carbonyl (C=O) groups is 1. The molecular weight excluding hydrogens is 262 g/mol. The number of anilines is 2. The Hall–Kier alpha value is -1.55. The Balaban J connectivity index is 1.80. The highest BCUT2D eigenvalue weighted by molar-refractivity contribution is 5.93. The van der Waals surface area contributed by atoms with Crippen LogP contribution in [0.15, 0.2) is 18.2 Å². The summed E-state index contributed by atoms with van der Waals surface area (Å²) in [5, 5.41) is 3.41. The van der Waals surface area contributed by atoms with Crippen molar-refractivity contribution in [2.75, 3.05) is 36.4 Å². The number of hydrogen-bond donors (Lipinski definition) is 1. The van der Waals surface area contributed by atoms with E-state index in [1.807, 2.05) is 4.90 Å². The van der Waals surface area contributed by atoms with Gasteiger partial charge in [0.1, 0.15) is 0 Å². The van der Waals surface area contributed by atoms with Crippen molar-refractivity contribution < 1.29 is 4.79 Å². The Bertz CT molecular complexity index is 521. The van der Waals surface area contributed by atoms with Crippen LogP contribution < -0.4 is 10.2 Å². The van der Waals surface area contributed by atoms with E-state index in [1.165, 1.54) is 11.3 Å². The maximum atomic E-state index is 12.2. The third-order valence-corrected chi connectivity index (χ3v) is 4.79. The Kier molecular flexibility index (Phi) is 4.15. The number of nitrogens with one attached hydrogen (secondary N) is 1. The fourth-order valence-corrected chi connectivity index (χ4v) is 3.57. The average molecular weight is 287 g/mol. The van der Waals surface area contributed by atoms with Gasteiger partial charge >= 0.3 is 0 Å². The van der Waals surface area contributed by atoms with Gasteiger partial charge in [-0.05, 0) is 43.5 Å². The molecule has 1 aromatic rings. The van der Waals surface area contributed by atoms with Gasteiger partial charge in [-0.2, -0.15) is 0 Å². The summed E-state index contributed by atoms with van der Waals surface area (Å²) in [5.74, 6) is 0.155. The number of nitrogens with zero attached hydrogens (tertiary/aromatic N) is 2. The Morgan fingerprint density at radius 3 is 2.81 bits per heavy atom. The van der Waals surface area contributed by atoms with Crippen molar-refractivity contribution in [2.45, 2.75) is 39.2 Å². The van der Waals surface area contributed by atoms with Crippen molar-refractivity contribution in [1.29, 1.82) is 0 Å². The summed E-state index contributed by atoms with van der Waals surface area (Å²) in [6, 6.07) is 6.77. The Labute approximate surface area is 127 Å². The van der Waals surface area contributed by atoms with Crippen LogP contribution in [0.25, 0.3) is 0 Å². The SMILES string of the molecule is CCN1CCC(N(C(C)=O)c2ccc3c(c2)NCC3)CC1. The van der Waals surface area contributed by atoms with E-state index in [4.69, 9.17) is 0 Å². The third-order valence-electron chi connectivity index (χ3n) is 4.79. The molecule has 2 aliphatic rings. The smallest absolute Gasteiger partial charge is 0.224 e. The molecule has 114 valence electrons. The molecule has 0 saturated carbocycles. The van der Waals surface area contributed by atoms with Crippen LogP contribution in [0.5, 0.6) is 0 Å². The van der Waals surface area contributed by atoms with E-state index >= 15 is 0 Å². The van der Waals surface area contributed by atoms with Crippen LogP contribution in [0.3, 0.4) is 0 Å². The van der Waals surface area contributed by atoms with E-state index in [-0.39, 0.29) is 5.91 Å². The van der Waals surface area contributed by atoms with Crippen molar-refractivity contribution in [3.05, 3.63) is 23.8 Å². The van der Waals surface area contributed by atoms with Crippen molar-refractivity contribution in [2.24, 2.45) is 0 Å². The quantitative estimate of drug-likeness (QED) is 0.928. The van der Waals surface area contributed by atoms with Crippen LogP contribution in [-0.2, 0) is 11.2 Å². The lowest BCUT2D eigenvalue weighted by atomic mass is 10.0. The molecule has 4 nitrogen and oxygen atoms in total. The summed E-state index contributed by atoms with van der Waals surface area (Å²) in [4.78, 5) is 16.7. The fourth-order valence-electron chi connectivity index (χ4n) is 3.57. The lowest BCUT2D eigenvalue weighted by Crippen LogP contribution is -2.46. The zero-order chi connectivity index (χ0) is 14.8. The maximum Gasteiger partial charge on any atom is 0.224 e. The van der Waals surface area contributed by atoms with Crippen LogP contribution in [0.4, 0.5) is 11.4 Å². The van der Waals surface area contributed by atoms with Crippen LogP contribution in [0.2, 0.25) is 0 Å². The highest BCUT2D eigenvalue weighted by atomic mass is 16.2. The summed E-state index contributed by atoms with van der Waals surface area (Å²) in [5.41, 5.74) is 3.61. The van der Waals surface area contributed by atoms with E-state index in [0.29, 0.717) is 6.04 Å². The summed E-state index contributed by atoms with van der Waals surface area (Å²) in [6.45, 7) is 8.19. The van der Waals surface area contributed by atoms with Crippen LogP contribution in [0, 0.1) is 0 Å². The van der Waals surface area contributed by atoms with Crippen LogP contribution >= 0.6 is 0 Å². The second-order valence-electron chi connectivity index (χ2n) is 6.07. The molecule has 2 aliphatic heterocycles. The molecule has 1 aromatic carbocycles. The molecule has 0 unspecified atom stereocenters. The van der Waals surface area contributed by atoms with Gasteiger partial charge in [-0.15, -0.1) is 0 Å². The molecule has 1 fully saturated rings. The van der Waals surface area contributed by atoms with Gasteiger partial charge in [0.2, 0.25) is 5.91 Å². The average Bonchev–Trinajstić information content (AvgIpc) is 2.95. The standard InChI is InChI=1S/C17H25N3O/c1-3-19-10-7-15(8-11-19)20(13(2)21)16-5-4-14-6-9-18-17(14)12-16/h4-5,12,15,18H,3,6-11H2,1-2H3. The van der Waals surface area contributed by atoms with Gasteiger partial charge in [0.05, 0.1) is 0 Å². The first kappa shape index (κ1) is 14.4. The molecule has 3 rings (SSSR count). The molecule has 2 heterocycles. The van der Waals surface area contributed by atoms with Crippen molar-refractivity contribution in [3.8, 4) is 0 Å². The van der Waals surface area contributed by atoms with E-state index in [0.717, 1.165) is 51.1 Å². The molecular formula is C17H25N3O. The lowest BCUT2D eigenvalue weighted by Gasteiger charge is -2.38. The molecule has 0 aromatic heterocycles. The third kappa shape index (κ3) is 2.91. The van der Waals surface area contributed by atoms with Gasteiger partial charge in [-0.3, -0.25) is 4.79 Å². The predicted molar refractivity (Wildman–Crippen MR) is 86.9 cm³/mol. The first-order valence-corrected chi connectivity index (χ1v) is 8.08. The number of rotatable bonds is 3. The van der Waals surface area contributed by atoms with Gasteiger partial charge in [0.15, 0.2) is 0 Å². The molecule has 1 amide bonds. The number of benzene rings is 1. The van der Waals surface area contributed by atoms with Crippen molar-refractivity contribution in [3.63, 3.8) is 0 Å². The number of hydrogen-bond acceptors (Lipinski definition) is 3. The number of amides is 1. The van der Waals surface area contributed by atoms with Gasteiger partial charge in [-0.1, -0.05) is 13.0 Å². The summed E-state index contributed by atoms with van der Waals surface area (Å²) in [7, 11) is 0. The first-order chi connectivity index (χ1) is 10.2. The monoisotopic (exact) mass is 287 g/mol. The molecule has 0 bridgehead atoms. The van der Waals surface area contributed by atoms with E-state index in [9.17, 15) is 4.79 Å². The van der Waals surface area contributed by atoms with Crippen LogP contribution in [-0.4, -0.2) is 43.0 Å². The minimum Gasteiger partial charge on any atom is -0.384 e. The number of likely N-dealkylation sites (tertiary alicyclic amines) is 1. The first-order valence-electron chi connectivity index (χ1n) is 8.08. The van der Waals surface area contributed by atoms with E-state index in [1.54, 1.807) is 6.92 Å². The predicted octanol–water partition coefficient (Wildman–Crippen LogP) is 2.49. The van der Waals surface area contributed by atoms with Crippen molar-refractivity contribution in [1.82, 2.24) is 4.90 Å². The zero-order valence-corrected chi connectivity index (χ0v) is 13.1. The second-order valence-corrected chi connectivity index (χ2v) is 6.07. The lowest BCUT2D eigenvalue weighted by molar-refractivity contribution is -0.117. The largest absolute Gasteiger partial charge is 0.384 e. The van der Waals surface area contributed by atoms with Gasteiger partial charge < -0.3 is 15.1 Å². The molecule has 0 spiro atoms. The molecule has 21 heavy (non-hydrogen) atoms. The van der Waals surface area contributed by atoms with E-state index < -0.39 is 0 Å². The minimum absolute atomic E-state index is 0.155. The molecule has 1 saturated heterocycles. The van der Waals surface area contributed by atoms with Gasteiger partial charge in [0, 0.05) is 44.0 Å². The molecule has 0 aliphatic carbocycles. The molecule has 0 atom stereocenters. The molecule has 4 heteroatoms. The topological polar surface area (TPSA) is 35.6 Å². The molecule has 0 radical (unpaired) electrons. The van der Waals surface area contributed by atoms with Gasteiger partial charge in [0.25, 0.3) is 0 Å². The van der Waals surface area contributed by atoms with Crippen molar-refractivity contribution >= 4 is 17.3 Å². The highest BCUT2D eigenvalue weighted by Crippen LogP contribution is 2.30. The summed E-state index contributed by atoms with van der Waals surface area (Å²) >= 11 is 0. The summed E-state index contributed by atoms with van der Waals surface area (Å²) < 4.78 is 0. The van der Waals surface area contributed by atoms with E-state index in [2.05, 4.69) is 35.3 Å². The molecule has 1 N–H and O–H groups in total. The normalized spacial score (nSPS) is 19.1. The Morgan fingerprint density at radius 1 is 1.38 bits per heavy atom. The van der Waals surface area contributed by atoms with Crippen LogP contribution in [0.1, 0.15) is 32.3 Å². The second kappa shape index (κ2) is 6.06. The maximum absolute atomic E-state index is 12.2. The summed E-state index contributed by atoms with van der Waals surface area (Å²) in [6.07, 6.45) is 3.22. The fraction of sp³-hybridized carbons (Fsp3) is 0.588. The zero-order valence-electron chi connectivity index (χ0n) is 13.1. The number of fused-ring (bicyclic) bond motifs is 1. The Morgan fingerprint density at radius 2 is 2.14 bits per heavy atom. The van der Waals surface area contributed by atoms with Gasteiger partial charge in [-0.25, -0.2) is 0 Å².